The van der Waals surface area contributed by atoms with Gasteiger partial charge >= 0.3 is 0 Å². The Morgan fingerprint density at radius 3 is 2.16 bits per heavy atom. The molecule has 2 atom stereocenters. The Morgan fingerprint density at radius 2 is 1.50 bits per heavy atom. The number of aryl methyl sites for hydroxylation is 1. The first-order valence-corrected chi connectivity index (χ1v) is 12.1. The molecule has 1 saturated carbocycles. The molecule has 1 heterocycles. The van der Waals surface area contributed by atoms with Gasteiger partial charge in [-0.3, -0.25) is 0 Å². The van der Waals surface area contributed by atoms with Crippen molar-refractivity contribution in [2.45, 2.75) is 90.4 Å². The molecule has 2 nitrogen and oxygen atoms in total. The first-order chi connectivity index (χ1) is 14.4. The average molecular weight is 605 g/mol. The zero-order valence-electron chi connectivity index (χ0n) is 20.8. The third-order valence-electron chi connectivity index (χ3n) is 10.4. The molecule has 3 aliphatic carbocycles. The van der Waals surface area contributed by atoms with Crippen LogP contribution in [0.15, 0.2) is 18.2 Å². The molecule has 1 fully saturated rings. The Kier molecular flexibility index (Phi) is 4.66. The van der Waals surface area contributed by atoms with Crippen molar-refractivity contribution in [2.75, 3.05) is 16.8 Å². The summed E-state index contributed by atoms with van der Waals surface area (Å²) in [5.41, 5.74) is 11.9. The van der Waals surface area contributed by atoms with Gasteiger partial charge in [-0.25, -0.2) is 0 Å². The number of anilines is 3. The largest absolute Gasteiger partial charge is 0.504 e. The Morgan fingerprint density at radius 1 is 0.906 bits per heavy atom. The fourth-order valence-corrected chi connectivity index (χ4v) is 7.27. The molecule has 1 radical (unpaired) electrons. The summed E-state index contributed by atoms with van der Waals surface area (Å²) in [4.78, 5) is 4.69. The van der Waals surface area contributed by atoms with E-state index >= 15 is 0 Å². The molecular formula is C29H36IrN2-2. The fraction of sp³-hybridized carbons (Fsp3) is 0.552. The van der Waals surface area contributed by atoms with E-state index in [9.17, 15) is 0 Å². The van der Waals surface area contributed by atoms with Gasteiger partial charge in [0.25, 0.3) is 0 Å². The molecule has 2 aromatic rings. The van der Waals surface area contributed by atoms with Gasteiger partial charge in [-0.2, -0.15) is 23.9 Å². The number of hydrogen-bond acceptors (Lipinski definition) is 2. The van der Waals surface area contributed by atoms with Crippen molar-refractivity contribution in [3.05, 3.63) is 58.8 Å². The molecule has 3 heteroatoms. The zero-order valence-corrected chi connectivity index (χ0v) is 23.2. The van der Waals surface area contributed by atoms with Gasteiger partial charge in [0.2, 0.25) is 0 Å². The van der Waals surface area contributed by atoms with Crippen molar-refractivity contribution in [3.63, 3.8) is 0 Å². The second kappa shape index (κ2) is 6.63. The van der Waals surface area contributed by atoms with Crippen LogP contribution in [0.2, 0.25) is 0 Å². The van der Waals surface area contributed by atoms with Gasteiger partial charge in [-0.15, -0.1) is 17.3 Å². The van der Waals surface area contributed by atoms with E-state index in [4.69, 9.17) is 0 Å². The third kappa shape index (κ3) is 2.51. The molecule has 0 aromatic heterocycles. The van der Waals surface area contributed by atoms with Crippen LogP contribution in [-0.2, 0) is 30.9 Å². The summed E-state index contributed by atoms with van der Waals surface area (Å²) in [6, 6.07) is 11.2. The van der Waals surface area contributed by atoms with Crippen molar-refractivity contribution >= 4 is 17.1 Å². The second-order valence-electron chi connectivity index (χ2n) is 12.2. The normalized spacial score (nSPS) is 27.2. The maximum atomic E-state index is 3.89. The molecule has 0 spiro atoms. The van der Waals surface area contributed by atoms with Gasteiger partial charge in [0, 0.05) is 31.5 Å². The smallest absolute Gasteiger partial charge is 0.0329 e. The quantitative estimate of drug-likeness (QED) is 0.312. The maximum Gasteiger partial charge on any atom is 0.0329 e. The Bertz CT molecular complexity index is 1130. The molecule has 2 bridgehead atoms. The van der Waals surface area contributed by atoms with Gasteiger partial charge in [0.05, 0.1) is 0 Å². The molecule has 4 aliphatic rings. The Balaban J connectivity index is 0.00000216. The van der Waals surface area contributed by atoms with Crippen LogP contribution < -0.4 is 9.80 Å². The average Bonchev–Trinajstić information content (AvgIpc) is 3.42. The van der Waals surface area contributed by atoms with Crippen molar-refractivity contribution < 1.29 is 20.1 Å². The summed E-state index contributed by atoms with van der Waals surface area (Å²) in [6.45, 7) is 19.2. The summed E-state index contributed by atoms with van der Waals surface area (Å²) in [5.74, 6) is 1.52. The van der Waals surface area contributed by atoms with E-state index in [1.165, 1.54) is 58.6 Å². The molecule has 0 N–H and O–H groups in total. The van der Waals surface area contributed by atoms with Crippen LogP contribution in [0.5, 0.6) is 0 Å². The molecule has 0 amide bonds. The molecule has 2 unspecified atom stereocenters. The molecule has 0 saturated heterocycles. The minimum Gasteiger partial charge on any atom is -0.504 e. The minimum atomic E-state index is 0. The van der Waals surface area contributed by atoms with Gasteiger partial charge in [-0.1, -0.05) is 67.2 Å². The van der Waals surface area contributed by atoms with Crippen LogP contribution in [0, 0.1) is 25.1 Å². The fourth-order valence-electron chi connectivity index (χ4n) is 7.27. The van der Waals surface area contributed by atoms with Crippen molar-refractivity contribution in [1.82, 2.24) is 0 Å². The number of hydrogen-bond donors (Lipinski definition) is 0. The van der Waals surface area contributed by atoms with Crippen LogP contribution in [0.4, 0.5) is 17.1 Å². The molecular weight excluding hydrogens is 569 g/mol. The van der Waals surface area contributed by atoms with Crippen molar-refractivity contribution in [3.8, 4) is 0 Å². The van der Waals surface area contributed by atoms with Crippen molar-refractivity contribution in [1.29, 1.82) is 0 Å². The van der Waals surface area contributed by atoms with Crippen LogP contribution in [-0.4, -0.2) is 7.05 Å². The van der Waals surface area contributed by atoms with Gasteiger partial charge < -0.3 is 9.80 Å². The van der Waals surface area contributed by atoms with Crippen LogP contribution in [0.3, 0.4) is 0 Å². The molecule has 6 rings (SSSR count). The molecule has 32 heavy (non-hydrogen) atoms. The maximum absolute atomic E-state index is 3.89. The number of fused-ring (bicyclic) bond motifs is 7. The number of rotatable bonds is 1. The van der Waals surface area contributed by atoms with E-state index in [1.54, 1.807) is 5.56 Å². The van der Waals surface area contributed by atoms with Gasteiger partial charge in [0.15, 0.2) is 0 Å². The van der Waals surface area contributed by atoms with E-state index in [-0.39, 0.29) is 36.4 Å². The number of nitrogens with zero attached hydrogens (tertiary/aromatic N) is 2. The standard InChI is InChI=1S/C29H36N2.Ir/c1-17-11-20(13-21-18-9-10-19(12-18)26(17)21)31-16-30(8)24-14-22-23(15-25(24)31)28(4,5)29(6,7)27(22,2)3;/h11,14-16,18-19H,9-10,12H2,1-8H3;/q-2;. The number of benzene rings is 2. The van der Waals surface area contributed by atoms with E-state index < -0.39 is 0 Å². The predicted molar refractivity (Wildman–Crippen MR) is 130 cm³/mol. The molecule has 173 valence electrons. The van der Waals surface area contributed by atoms with Crippen LogP contribution >= 0.6 is 0 Å². The third-order valence-corrected chi connectivity index (χ3v) is 10.4. The van der Waals surface area contributed by atoms with E-state index in [2.05, 4.69) is 96.2 Å². The second-order valence-corrected chi connectivity index (χ2v) is 12.2. The van der Waals surface area contributed by atoms with Crippen LogP contribution in [0.25, 0.3) is 0 Å². The van der Waals surface area contributed by atoms with Crippen molar-refractivity contribution in [2.24, 2.45) is 5.41 Å². The van der Waals surface area contributed by atoms with Gasteiger partial charge in [0.1, 0.15) is 0 Å². The van der Waals surface area contributed by atoms with E-state index in [0.29, 0.717) is 0 Å². The SMILES string of the molecule is Cc1cc(N2[CH-]N(C)c3cc4c(cc32)C(C)(C)C(C)(C)C4(C)C)[c-]c2c1C1CCC2C1.[Ir]. The van der Waals surface area contributed by atoms with E-state index in [1.807, 2.05) is 0 Å². The van der Waals surface area contributed by atoms with Gasteiger partial charge in [-0.05, 0) is 58.9 Å². The molecule has 1 aliphatic heterocycles. The minimum absolute atomic E-state index is 0. The first-order valence-electron chi connectivity index (χ1n) is 12.1. The summed E-state index contributed by atoms with van der Waals surface area (Å²) in [5, 5.41) is 0. The summed E-state index contributed by atoms with van der Waals surface area (Å²) in [7, 11) is 2.19. The monoisotopic (exact) mass is 605 g/mol. The summed E-state index contributed by atoms with van der Waals surface area (Å²) in [6.07, 6.45) is 4.07. The summed E-state index contributed by atoms with van der Waals surface area (Å²) >= 11 is 0. The van der Waals surface area contributed by atoms with E-state index in [0.717, 1.165) is 11.8 Å². The predicted octanol–water partition coefficient (Wildman–Crippen LogP) is 7.46. The molecule has 2 aromatic carbocycles. The first kappa shape index (κ1) is 22.5. The Hall–Kier alpha value is -1.31. The zero-order chi connectivity index (χ0) is 22.1. The summed E-state index contributed by atoms with van der Waals surface area (Å²) < 4.78 is 0. The Labute approximate surface area is 208 Å². The van der Waals surface area contributed by atoms with Crippen LogP contribution in [0.1, 0.15) is 100 Å². The topological polar surface area (TPSA) is 6.48 Å².